The third-order valence-electron chi connectivity index (χ3n) is 4.96. The van der Waals surface area contributed by atoms with Gasteiger partial charge in [-0.3, -0.25) is 0 Å². The van der Waals surface area contributed by atoms with Crippen molar-refractivity contribution in [2.45, 2.75) is 25.3 Å². The summed E-state index contributed by atoms with van der Waals surface area (Å²) in [6, 6.07) is 13.4. The predicted molar refractivity (Wildman–Crippen MR) is 98.9 cm³/mol. The van der Waals surface area contributed by atoms with Crippen LogP contribution in [-0.4, -0.2) is 43.2 Å². The highest BCUT2D eigenvalue weighted by Crippen LogP contribution is 2.31. The number of carbonyl (C=O) groups excluding carboxylic acids is 1. The third kappa shape index (κ3) is 3.13. The molecule has 0 saturated carbocycles. The molecule has 5 heteroatoms. The van der Waals surface area contributed by atoms with Gasteiger partial charge in [-0.25, -0.2) is 4.79 Å². The molecule has 4 nitrogen and oxygen atoms in total. The summed E-state index contributed by atoms with van der Waals surface area (Å²) in [5.41, 5.74) is 2.81. The molecule has 1 saturated heterocycles. The average Bonchev–Trinajstić information content (AvgIpc) is 3.07. The van der Waals surface area contributed by atoms with E-state index >= 15 is 0 Å². The molecule has 0 radical (unpaired) electrons. The number of carbonyl (C=O) groups is 1. The minimum Gasteiger partial charge on any atom is -0.365 e. The zero-order valence-electron chi connectivity index (χ0n) is 13.8. The van der Waals surface area contributed by atoms with Gasteiger partial charge in [-0.1, -0.05) is 24.3 Å². The van der Waals surface area contributed by atoms with Crippen molar-refractivity contribution in [1.82, 2.24) is 10.2 Å². The predicted octanol–water partition coefficient (Wildman–Crippen LogP) is 3.14. The number of anilines is 1. The fourth-order valence-electron chi connectivity index (χ4n) is 3.62. The topological polar surface area (TPSA) is 35.6 Å². The lowest BCUT2D eigenvalue weighted by Gasteiger charge is -2.48. The lowest BCUT2D eigenvalue weighted by molar-refractivity contribution is 0.148. The fraction of sp³-hybridized carbons (Fsp3) is 0.421. The third-order valence-corrected chi connectivity index (χ3v) is 5.90. The first-order valence-corrected chi connectivity index (χ1v) is 9.59. The number of likely N-dealkylation sites (tertiary alicyclic amines) is 1. The van der Waals surface area contributed by atoms with Crippen LogP contribution >= 0.6 is 11.3 Å². The number of nitrogens with one attached hydrogen (secondary N) is 1. The monoisotopic (exact) mass is 341 g/mol. The first kappa shape index (κ1) is 15.5. The lowest BCUT2D eigenvalue weighted by Crippen LogP contribution is -2.63. The largest absolute Gasteiger partial charge is 0.365 e. The summed E-state index contributed by atoms with van der Waals surface area (Å²) in [6.07, 6.45) is 3.30. The maximum atomic E-state index is 12.2. The molecule has 24 heavy (non-hydrogen) atoms. The zero-order valence-corrected chi connectivity index (χ0v) is 14.6. The van der Waals surface area contributed by atoms with Gasteiger partial charge in [-0.05, 0) is 42.3 Å². The van der Waals surface area contributed by atoms with Crippen molar-refractivity contribution in [3.8, 4) is 0 Å². The van der Waals surface area contributed by atoms with Crippen LogP contribution in [0.3, 0.4) is 0 Å². The number of amides is 2. The Morgan fingerprint density at radius 2 is 2.08 bits per heavy atom. The highest BCUT2D eigenvalue weighted by molar-refractivity contribution is 7.09. The molecular formula is C19H23N3OS. The Balaban J connectivity index is 1.27. The van der Waals surface area contributed by atoms with Crippen molar-refractivity contribution in [1.29, 1.82) is 0 Å². The Hall–Kier alpha value is -2.01. The second kappa shape index (κ2) is 6.85. The number of hydrogen-bond acceptors (Lipinski definition) is 3. The minimum atomic E-state index is 0.0769. The van der Waals surface area contributed by atoms with Crippen LogP contribution in [0.2, 0.25) is 0 Å². The van der Waals surface area contributed by atoms with E-state index in [0.717, 1.165) is 26.1 Å². The van der Waals surface area contributed by atoms with Crippen molar-refractivity contribution in [3.63, 3.8) is 0 Å². The molecule has 0 bridgehead atoms. The number of urea groups is 1. The first-order chi connectivity index (χ1) is 11.8. The van der Waals surface area contributed by atoms with Crippen LogP contribution < -0.4 is 10.2 Å². The Kier molecular flexibility index (Phi) is 4.43. The van der Waals surface area contributed by atoms with Gasteiger partial charge in [0, 0.05) is 36.7 Å². The van der Waals surface area contributed by atoms with E-state index in [0.29, 0.717) is 12.6 Å². The van der Waals surface area contributed by atoms with Crippen molar-refractivity contribution in [2.24, 2.45) is 0 Å². The molecule has 4 rings (SSSR count). The van der Waals surface area contributed by atoms with Gasteiger partial charge in [0.2, 0.25) is 0 Å². The smallest absolute Gasteiger partial charge is 0.317 e. The summed E-state index contributed by atoms with van der Waals surface area (Å²) in [4.78, 5) is 18.0. The van der Waals surface area contributed by atoms with Crippen LogP contribution in [0, 0.1) is 0 Å². The molecule has 1 N–H and O–H groups in total. The number of thiophene rings is 1. The summed E-state index contributed by atoms with van der Waals surface area (Å²) in [5, 5.41) is 5.12. The molecule has 1 fully saturated rings. The number of nitrogens with zero attached hydrogens (tertiary/aromatic N) is 2. The highest BCUT2D eigenvalue weighted by Gasteiger charge is 2.36. The molecular weight excluding hydrogens is 318 g/mol. The van der Waals surface area contributed by atoms with Crippen LogP contribution in [0.25, 0.3) is 0 Å². The number of fused-ring (bicyclic) bond motifs is 1. The SMILES string of the molecule is O=C(NCCc1cccs1)N1CC(N2CCCc3ccccc32)C1. The maximum Gasteiger partial charge on any atom is 0.317 e. The van der Waals surface area contributed by atoms with Gasteiger partial charge in [0.05, 0.1) is 6.04 Å². The normalized spacial score (nSPS) is 17.3. The van der Waals surface area contributed by atoms with Gasteiger partial charge in [0.15, 0.2) is 0 Å². The van der Waals surface area contributed by atoms with Gasteiger partial charge >= 0.3 is 6.03 Å². The van der Waals surface area contributed by atoms with Crippen molar-refractivity contribution in [2.75, 3.05) is 31.1 Å². The fourth-order valence-corrected chi connectivity index (χ4v) is 4.33. The summed E-state index contributed by atoms with van der Waals surface area (Å²) < 4.78 is 0. The van der Waals surface area contributed by atoms with Crippen LogP contribution in [0.1, 0.15) is 16.9 Å². The maximum absolute atomic E-state index is 12.2. The number of para-hydroxylation sites is 1. The van der Waals surface area contributed by atoms with E-state index in [-0.39, 0.29) is 6.03 Å². The van der Waals surface area contributed by atoms with Gasteiger partial charge < -0.3 is 15.1 Å². The van der Waals surface area contributed by atoms with Gasteiger partial charge in [-0.2, -0.15) is 0 Å². The molecule has 3 heterocycles. The minimum absolute atomic E-state index is 0.0769. The van der Waals surface area contributed by atoms with Crippen LogP contribution in [-0.2, 0) is 12.8 Å². The van der Waals surface area contributed by atoms with Crippen LogP contribution in [0.5, 0.6) is 0 Å². The Labute approximate surface area is 147 Å². The van der Waals surface area contributed by atoms with E-state index in [9.17, 15) is 4.79 Å². The van der Waals surface area contributed by atoms with Gasteiger partial charge in [-0.15, -0.1) is 11.3 Å². The summed E-state index contributed by atoms with van der Waals surface area (Å²) >= 11 is 1.74. The van der Waals surface area contributed by atoms with Gasteiger partial charge in [0.25, 0.3) is 0 Å². The quantitative estimate of drug-likeness (QED) is 0.927. The van der Waals surface area contributed by atoms with E-state index in [2.05, 4.69) is 52.0 Å². The second-order valence-electron chi connectivity index (χ2n) is 6.55. The first-order valence-electron chi connectivity index (χ1n) is 8.71. The molecule has 126 valence electrons. The molecule has 2 amide bonds. The molecule has 0 spiro atoms. The molecule has 2 aliphatic heterocycles. The van der Waals surface area contributed by atoms with E-state index < -0.39 is 0 Å². The zero-order chi connectivity index (χ0) is 16.4. The summed E-state index contributed by atoms with van der Waals surface area (Å²) in [6.45, 7) is 3.49. The van der Waals surface area contributed by atoms with E-state index in [1.165, 1.54) is 29.0 Å². The van der Waals surface area contributed by atoms with E-state index in [1.807, 2.05) is 4.90 Å². The molecule has 2 aromatic rings. The average molecular weight is 341 g/mol. The Morgan fingerprint density at radius 3 is 2.92 bits per heavy atom. The molecule has 0 atom stereocenters. The Bertz CT molecular complexity index is 694. The van der Waals surface area contributed by atoms with Crippen molar-refractivity contribution >= 4 is 23.1 Å². The van der Waals surface area contributed by atoms with E-state index in [4.69, 9.17) is 0 Å². The molecule has 0 unspecified atom stereocenters. The number of rotatable bonds is 4. The standard InChI is InChI=1S/C19H23N3OS/c23-19(20-10-9-17-7-4-12-24-17)21-13-16(14-21)22-11-3-6-15-5-1-2-8-18(15)22/h1-2,4-5,7-8,12,16H,3,6,9-11,13-14H2,(H,20,23). The summed E-state index contributed by atoms with van der Waals surface area (Å²) in [5.74, 6) is 0. The van der Waals surface area contributed by atoms with Crippen molar-refractivity contribution < 1.29 is 4.79 Å². The molecule has 1 aromatic carbocycles. The Morgan fingerprint density at radius 1 is 1.21 bits per heavy atom. The molecule has 0 aliphatic carbocycles. The van der Waals surface area contributed by atoms with Crippen LogP contribution in [0.15, 0.2) is 41.8 Å². The number of benzene rings is 1. The number of hydrogen-bond donors (Lipinski definition) is 1. The van der Waals surface area contributed by atoms with Crippen molar-refractivity contribution in [3.05, 3.63) is 52.2 Å². The summed E-state index contributed by atoms with van der Waals surface area (Å²) in [7, 11) is 0. The number of aryl methyl sites for hydroxylation is 1. The lowest BCUT2D eigenvalue weighted by atomic mass is 9.97. The molecule has 2 aliphatic rings. The highest BCUT2D eigenvalue weighted by atomic mass is 32.1. The van der Waals surface area contributed by atoms with Crippen LogP contribution in [0.4, 0.5) is 10.5 Å². The van der Waals surface area contributed by atoms with Gasteiger partial charge in [0.1, 0.15) is 0 Å². The van der Waals surface area contributed by atoms with E-state index in [1.54, 1.807) is 11.3 Å². The second-order valence-corrected chi connectivity index (χ2v) is 7.58. The molecule has 1 aromatic heterocycles.